The highest BCUT2D eigenvalue weighted by molar-refractivity contribution is 6.02. The lowest BCUT2D eigenvalue weighted by Crippen LogP contribution is -2.27. The lowest BCUT2D eigenvalue weighted by atomic mass is 9.81. The molecule has 0 saturated carbocycles. The summed E-state index contributed by atoms with van der Waals surface area (Å²) in [4.78, 5) is 11.5. The Morgan fingerprint density at radius 2 is 1.86 bits per heavy atom. The van der Waals surface area contributed by atoms with Crippen LogP contribution in [0.2, 0.25) is 0 Å². The van der Waals surface area contributed by atoms with Crippen LogP contribution in [0.3, 0.4) is 0 Å². The van der Waals surface area contributed by atoms with Gasteiger partial charge in [-0.1, -0.05) is 12.1 Å². The number of hydrogen-bond donors (Lipinski definition) is 1. The molecule has 0 heterocycles. The Morgan fingerprint density at radius 1 is 1.36 bits per heavy atom. The van der Waals surface area contributed by atoms with Crippen LogP contribution in [0.1, 0.15) is 19.4 Å². The largest absolute Gasteiger partial charge is 0.399 e. The minimum Gasteiger partial charge on any atom is -0.399 e. The zero-order valence-electron chi connectivity index (χ0n) is 8.37. The molecular formula is C12H13NO. The molecule has 1 aromatic carbocycles. The normalized spacial score (nSPS) is 10.6. The number of ketones is 1. The van der Waals surface area contributed by atoms with Gasteiger partial charge in [0, 0.05) is 5.69 Å². The van der Waals surface area contributed by atoms with Crippen molar-refractivity contribution in [2.24, 2.45) is 0 Å². The highest BCUT2D eigenvalue weighted by atomic mass is 16.1. The standard InChI is InChI=1S/C12H13NO/c1-4-11(14)12(2,3)9-5-7-10(13)8-6-9/h1,5-8H,13H2,2-3H3. The quantitative estimate of drug-likeness (QED) is 0.435. The third-order valence-corrected chi connectivity index (χ3v) is 2.33. The maximum absolute atomic E-state index is 11.5. The van der Waals surface area contributed by atoms with Crippen LogP contribution in [0.4, 0.5) is 5.69 Å². The lowest BCUT2D eigenvalue weighted by Gasteiger charge is -2.20. The fraction of sp³-hybridized carbons (Fsp3) is 0.250. The monoisotopic (exact) mass is 187 g/mol. The predicted octanol–water partition coefficient (Wildman–Crippen LogP) is 1.75. The zero-order chi connectivity index (χ0) is 10.8. The summed E-state index contributed by atoms with van der Waals surface area (Å²) in [7, 11) is 0. The summed E-state index contributed by atoms with van der Waals surface area (Å²) in [6.45, 7) is 3.61. The summed E-state index contributed by atoms with van der Waals surface area (Å²) in [6, 6.07) is 7.18. The first-order chi connectivity index (χ1) is 6.48. The van der Waals surface area contributed by atoms with Crippen molar-refractivity contribution in [3.05, 3.63) is 29.8 Å². The average Bonchev–Trinajstić information content (AvgIpc) is 2.17. The number of Topliss-reactive ketones (excluding diaryl/α,β-unsaturated/α-hetero) is 1. The van der Waals surface area contributed by atoms with E-state index in [-0.39, 0.29) is 5.78 Å². The van der Waals surface area contributed by atoms with Gasteiger partial charge in [0.05, 0.1) is 5.41 Å². The minimum absolute atomic E-state index is 0.220. The van der Waals surface area contributed by atoms with Gasteiger partial charge in [0.15, 0.2) is 0 Å². The topological polar surface area (TPSA) is 43.1 Å². The number of nitrogen functional groups attached to an aromatic ring is 1. The minimum atomic E-state index is -0.636. The van der Waals surface area contributed by atoms with E-state index in [1.54, 1.807) is 26.0 Å². The van der Waals surface area contributed by atoms with E-state index < -0.39 is 5.41 Å². The molecule has 14 heavy (non-hydrogen) atoms. The third-order valence-electron chi connectivity index (χ3n) is 2.33. The summed E-state index contributed by atoms with van der Waals surface area (Å²) in [6.07, 6.45) is 5.10. The van der Waals surface area contributed by atoms with Crippen molar-refractivity contribution in [2.45, 2.75) is 19.3 Å². The zero-order valence-corrected chi connectivity index (χ0v) is 8.37. The molecule has 0 saturated heterocycles. The van der Waals surface area contributed by atoms with E-state index in [1.165, 1.54) is 0 Å². The van der Waals surface area contributed by atoms with Crippen LogP contribution in [0.5, 0.6) is 0 Å². The summed E-state index contributed by atoms with van der Waals surface area (Å²) in [5.41, 5.74) is 6.48. The molecule has 2 N–H and O–H groups in total. The number of hydrogen-bond acceptors (Lipinski definition) is 2. The molecule has 0 amide bonds. The molecule has 0 aromatic heterocycles. The second kappa shape index (κ2) is 3.55. The Balaban J connectivity index is 3.11. The van der Waals surface area contributed by atoms with Crippen molar-refractivity contribution in [3.8, 4) is 12.3 Å². The van der Waals surface area contributed by atoms with Crippen LogP contribution >= 0.6 is 0 Å². The summed E-state index contributed by atoms with van der Waals surface area (Å²) in [5, 5.41) is 0. The SMILES string of the molecule is C#CC(=O)C(C)(C)c1ccc(N)cc1. The van der Waals surface area contributed by atoms with E-state index in [0.717, 1.165) is 5.56 Å². The number of carbonyl (C=O) groups excluding carboxylic acids is 1. The highest BCUT2D eigenvalue weighted by Gasteiger charge is 2.27. The molecule has 2 nitrogen and oxygen atoms in total. The van der Waals surface area contributed by atoms with E-state index >= 15 is 0 Å². The first-order valence-corrected chi connectivity index (χ1v) is 4.35. The van der Waals surface area contributed by atoms with Crippen molar-refractivity contribution in [3.63, 3.8) is 0 Å². The smallest absolute Gasteiger partial charge is 0.215 e. The van der Waals surface area contributed by atoms with Gasteiger partial charge < -0.3 is 5.73 Å². The second-order valence-electron chi connectivity index (χ2n) is 3.72. The molecule has 0 aliphatic rings. The molecule has 0 aliphatic carbocycles. The van der Waals surface area contributed by atoms with Gasteiger partial charge in [-0.3, -0.25) is 4.79 Å². The Hall–Kier alpha value is -1.75. The summed E-state index contributed by atoms with van der Waals surface area (Å²) in [5.74, 6) is 1.93. The number of terminal acetylenes is 1. The van der Waals surface area contributed by atoms with Gasteiger partial charge in [-0.25, -0.2) is 0 Å². The van der Waals surface area contributed by atoms with Gasteiger partial charge in [-0.2, -0.15) is 0 Å². The van der Waals surface area contributed by atoms with E-state index in [9.17, 15) is 4.79 Å². The average molecular weight is 187 g/mol. The first kappa shape index (κ1) is 10.3. The molecule has 2 heteroatoms. The number of nitrogens with two attached hydrogens (primary N) is 1. The Kier molecular flexibility index (Phi) is 2.62. The molecule has 0 spiro atoms. The van der Waals surface area contributed by atoms with E-state index in [2.05, 4.69) is 5.92 Å². The van der Waals surface area contributed by atoms with Crippen LogP contribution in [-0.4, -0.2) is 5.78 Å². The fourth-order valence-electron chi connectivity index (χ4n) is 1.21. The van der Waals surface area contributed by atoms with E-state index in [4.69, 9.17) is 12.2 Å². The van der Waals surface area contributed by atoms with Gasteiger partial charge in [0.25, 0.3) is 0 Å². The van der Waals surface area contributed by atoms with Gasteiger partial charge in [-0.15, -0.1) is 6.42 Å². The Morgan fingerprint density at radius 3 is 2.29 bits per heavy atom. The lowest BCUT2D eigenvalue weighted by molar-refractivity contribution is -0.117. The summed E-state index contributed by atoms with van der Waals surface area (Å²) >= 11 is 0. The van der Waals surface area contributed by atoms with Gasteiger partial charge in [0.2, 0.25) is 5.78 Å². The Labute approximate surface area is 84.1 Å². The van der Waals surface area contributed by atoms with Crippen molar-refractivity contribution < 1.29 is 4.79 Å². The van der Waals surface area contributed by atoms with Crippen LogP contribution < -0.4 is 5.73 Å². The van der Waals surface area contributed by atoms with Crippen molar-refractivity contribution in [1.82, 2.24) is 0 Å². The van der Waals surface area contributed by atoms with Crippen molar-refractivity contribution in [2.75, 3.05) is 5.73 Å². The molecule has 0 unspecified atom stereocenters. The van der Waals surface area contributed by atoms with Crippen LogP contribution in [0.15, 0.2) is 24.3 Å². The first-order valence-electron chi connectivity index (χ1n) is 4.35. The number of rotatable bonds is 2. The number of carbonyl (C=O) groups is 1. The molecule has 0 fully saturated rings. The van der Waals surface area contributed by atoms with Gasteiger partial charge >= 0.3 is 0 Å². The van der Waals surface area contributed by atoms with Gasteiger partial charge in [-0.05, 0) is 37.5 Å². The molecule has 1 aromatic rings. The molecule has 0 aliphatic heterocycles. The van der Waals surface area contributed by atoms with E-state index in [0.29, 0.717) is 5.69 Å². The molecule has 0 radical (unpaired) electrons. The van der Waals surface area contributed by atoms with E-state index in [1.807, 2.05) is 12.1 Å². The third kappa shape index (κ3) is 1.77. The number of anilines is 1. The molecular weight excluding hydrogens is 174 g/mol. The molecule has 0 bridgehead atoms. The Bertz CT molecular complexity index is 382. The van der Waals surface area contributed by atoms with Crippen LogP contribution in [0, 0.1) is 12.3 Å². The second-order valence-corrected chi connectivity index (χ2v) is 3.72. The summed E-state index contributed by atoms with van der Waals surface area (Å²) < 4.78 is 0. The number of benzene rings is 1. The predicted molar refractivity (Wildman–Crippen MR) is 57.7 cm³/mol. The fourth-order valence-corrected chi connectivity index (χ4v) is 1.21. The molecule has 0 atom stereocenters. The van der Waals surface area contributed by atoms with Crippen LogP contribution in [0.25, 0.3) is 0 Å². The molecule has 1 rings (SSSR count). The van der Waals surface area contributed by atoms with Crippen molar-refractivity contribution >= 4 is 11.5 Å². The van der Waals surface area contributed by atoms with Crippen molar-refractivity contribution in [1.29, 1.82) is 0 Å². The van der Waals surface area contributed by atoms with Gasteiger partial charge in [0.1, 0.15) is 0 Å². The maximum atomic E-state index is 11.5. The molecule has 72 valence electrons. The highest BCUT2D eigenvalue weighted by Crippen LogP contribution is 2.24. The maximum Gasteiger partial charge on any atom is 0.215 e. The van der Waals surface area contributed by atoms with Crippen LogP contribution in [-0.2, 0) is 10.2 Å².